The Morgan fingerprint density at radius 1 is 0.889 bits per heavy atom. The molecule has 0 aliphatic carbocycles. The highest BCUT2D eigenvalue weighted by molar-refractivity contribution is 5.94. The van der Waals surface area contributed by atoms with E-state index in [0.29, 0.717) is 5.69 Å². The lowest BCUT2D eigenvalue weighted by Gasteiger charge is -2.35. The third-order valence-corrected chi connectivity index (χ3v) is 8.10. The molecular formula is C28H37N7O. The van der Waals surface area contributed by atoms with E-state index >= 15 is 0 Å². The zero-order valence-electron chi connectivity index (χ0n) is 21.6. The summed E-state index contributed by atoms with van der Waals surface area (Å²) in [5, 5.41) is 5.09. The Kier molecular flexibility index (Phi) is 6.27. The van der Waals surface area contributed by atoms with Gasteiger partial charge in [-0.05, 0) is 69.9 Å². The molecule has 0 N–H and O–H groups in total. The van der Waals surface area contributed by atoms with Gasteiger partial charge in [-0.25, -0.2) is 9.97 Å². The first-order valence-electron chi connectivity index (χ1n) is 13.7. The van der Waals surface area contributed by atoms with Crippen LogP contribution >= 0.6 is 0 Å². The Morgan fingerprint density at radius 2 is 1.69 bits per heavy atom. The van der Waals surface area contributed by atoms with Gasteiger partial charge >= 0.3 is 0 Å². The molecule has 3 aliphatic heterocycles. The second-order valence-electron chi connectivity index (χ2n) is 10.7. The number of anilines is 2. The number of hydrogen-bond acceptors (Lipinski definition) is 6. The van der Waals surface area contributed by atoms with Crippen molar-refractivity contribution in [2.45, 2.75) is 70.8 Å². The van der Waals surface area contributed by atoms with Gasteiger partial charge in [0.1, 0.15) is 17.3 Å². The van der Waals surface area contributed by atoms with Crippen LogP contribution in [0.3, 0.4) is 0 Å². The average Bonchev–Trinajstić information content (AvgIpc) is 3.58. The highest BCUT2D eigenvalue weighted by Crippen LogP contribution is 2.34. The molecule has 2 fully saturated rings. The molecule has 2 saturated heterocycles. The molecule has 0 aromatic carbocycles. The first-order chi connectivity index (χ1) is 17.6. The minimum absolute atomic E-state index is 0.0494. The first-order valence-corrected chi connectivity index (χ1v) is 13.7. The Hall–Kier alpha value is -3.16. The number of carbonyl (C=O) groups is 1. The van der Waals surface area contributed by atoms with Gasteiger partial charge < -0.3 is 14.7 Å². The fourth-order valence-corrected chi connectivity index (χ4v) is 6.05. The van der Waals surface area contributed by atoms with Gasteiger partial charge in [0.05, 0.1) is 11.7 Å². The van der Waals surface area contributed by atoms with Gasteiger partial charge in [-0.15, -0.1) is 0 Å². The third-order valence-electron chi connectivity index (χ3n) is 8.10. The summed E-state index contributed by atoms with van der Waals surface area (Å²) in [7, 11) is 2.17. The van der Waals surface area contributed by atoms with Gasteiger partial charge in [0.15, 0.2) is 5.65 Å². The zero-order chi connectivity index (χ0) is 24.6. The molecule has 1 atom stereocenters. The minimum atomic E-state index is -0.0540. The van der Waals surface area contributed by atoms with Gasteiger partial charge in [-0.3, -0.25) is 4.79 Å². The number of nitrogens with zero attached hydrogens (tertiary/aromatic N) is 7. The van der Waals surface area contributed by atoms with Crippen molar-refractivity contribution in [1.82, 2.24) is 24.5 Å². The van der Waals surface area contributed by atoms with E-state index in [1.165, 1.54) is 12.8 Å². The summed E-state index contributed by atoms with van der Waals surface area (Å²) >= 11 is 0. The zero-order valence-corrected chi connectivity index (χ0v) is 21.6. The van der Waals surface area contributed by atoms with E-state index < -0.39 is 0 Å². The molecule has 190 valence electrons. The number of aromatic nitrogens is 4. The molecule has 36 heavy (non-hydrogen) atoms. The Labute approximate surface area is 213 Å². The topological polar surface area (TPSA) is 69.9 Å². The summed E-state index contributed by atoms with van der Waals surface area (Å²) in [6.07, 6.45) is 9.60. The van der Waals surface area contributed by atoms with Crippen LogP contribution in [0.4, 0.5) is 11.6 Å². The van der Waals surface area contributed by atoms with Crippen LogP contribution in [0.2, 0.25) is 0 Å². The van der Waals surface area contributed by atoms with E-state index in [1.807, 2.05) is 22.4 Å². The Balaban J connectivity index is 1.47. The van der Waals surface area contributed by atoms with Gasteiger partial charge in [0.2, 0.25) is 0 Å². The van der Waals surface area contributed by atoms with Crippen molar-refractivity contribution in [2.24, 2.45) is 0 Å². The number of amides is 1. The number of fused-ring (bicyclic) bond motifs is 4. The summed E-state index contributed by atoms with van der Waals surface area (Å²) in [4.78, 5) is 30.5. The van der Waals surface area contributed by atoms with Crippen LogP contribution in [0.25, 0.3) is 5.65 Å². The molecule has 8 nitrogen and oxygen atoms in total. The van der Waals surface area contributed by atoms with Crippen LogP contribution in [-0.2, 0) is 6.42 Å². The molecule has 6 rings (SSSR count). The van der Waals surface area contributed by atoms with Gasteiger partial charge in [0.25, 0.3) is 5.91 Å². The molecule has 0 saturated carbocycles. The van der Waals surface area contributed by atoms with Gasteiger partial charge in [-0.2, -0.15) is 9.61 Å². The van der Waals surface area contributed by atoms with Crippen molar-refractivity contribution in [2.75, 3.05) is 43.0 Å². The second-order valence-corrected chi connectivity index (χ2v) is 10.7. The second kappa shape index (κ2) is 9.71. The summed E-state index contributed by atoms with van der Waals surface area (Å²) < 4.78 is 2.00. The number of piperidine rings is 1. The highest BCUT2D eigenvalue weighted by Gasteiger charge is 2.33. The lowest BCUT2D eigenvalue weighted by atomic mass is 9.97. The van der Waals surface area contributed by atoms with E-state index in [4.69, 9.17) is 15.1 Å². The van der Waals surface area contributed by atoms with Crippen LogP contribution in [0.15, 0.2) is 24.3 Å². The van der Waals surface area contributed by atoms with E-state index in [1.54, 1.807) is 0 Å². The molecule has 6 heterocycles. The molecule has 8 heteroatoms. The third kappa shape index (κ3) is 4.31. The van der Waals surface area contributed by atoms with Gasteiger partial charge in [-0.1, -0.05) is 12.5 Å². The maximum Gasteiger partial charge on any atom is 0.273 e. The van der Waals surface area contributed by atoms with Crippen LogP contribution in [0.5, 0.6) is 0 Å². The number of carbonyl (C=O) groups excluding carboxylic acids is 1. The fourth-order valence-electron chi connectivity index (χ4n) is 6.05. The van der Waals surface area contributed by atoms with Crippen LogP contribution < -0.4 is 9.80 Å². The largest absolute Gasteiger partial charge is 0.359 e. The predicted octanol–water partition coefficient (Wildman–Crippen LogP) is 4.56. The van der Waals surface area contributed by atoms with E-state index in [2.05, 4.69) is 35.0 Å². The summed E-state index contributed by atoms with van der Waals surface area (Å²) in [6.45, 7) is 5.79. The molecule has 3 aliphatic rings. The van der Waals surface area contributed by atoms with Crippen molar-refractivity contribution >= 4 is 23.2 Å². The Morgan fingerprint density at radius 3 is 2.56 bits per heavy atom. The maximum atomic E-state index is 14.0. The fraction of sp³-hybridized carbons (Fsp3) is 0.571. The molecule has 1 unspecified atom stereocenters. The summed E-state index contributed by atoms with van der Waals surface area (Å²) in [5.74, 6) is 2.17. The van der Waals surface area contributed by atoms with Gasteiger partial charge in [0, 0.05) is 51.1 Å². The maximum absolute atomic E-state index is 14.0. The Bertz CT molecular complexity index is 1260. The number of rotatable bonds is 1. The molecule has 3 aromatic heterocycles. The lowest BCUT2D eigenvalue weighted by Crippen LogP contribution is -2.39. The van der Waals surface area contributed by atoms with Crippen molar-refractivity contribution in [3.8, 4) is 0 Å². The monoisotopic (exact) mass is 487 g/mol. The SMILES string of the molecule is Cc1ccc2c(n1)C(=O)N1CCCCC1c1cc3nc(N4CCCC4)cc(n3n1)N(C)CCCCC2. The van der Waals surface area contributed by atoms with Crippen LogP contribution in [0.1, 0.15) is 84.8 Å². The number of pyridine rings is 1. The molecule has 3 aromatic rings. The van der Waals surface area contributed by atoms with Crippen molar-refractivity contribution < 1.29 is 4.79 Å². The van der Waals surface area contributed by atoms with E-state index in [-0.39, 0.29) is 11.9 Å². The standard InChI is InChI=1S/C28H37N7O/c1-20-12-13-21-10-4-3-6-14-32(2)26-19-24(33-15-8-9-16-33)30-25-18-22(31-35(25)26)23-11-5-7-17-34(23)28(36)27(21)29-20/h12-13,18-19,23H,3-11,14-17H2,1-2H3. The van der Waals surface area contributed by atoms with Crippen molar-refractivity contribution in [1.29, 1.82) is 0 Å². The average molecular weight is 488 g/mol. The summed E-state index contributed by atoms with van der Waals surface area (Å²) in [6, 6.07) is 8.42. The van der Waals surface area contributed by atoms with E-state index in [9.17, 15) is 4.79 Å². The highest BCUT2D eigenvalue weighted by atomic mass is 16.2. The molecule has 1 amide bonds. The molecule has 2 bridgehead atoms. The molecule has 0 radical (unpaired) electrons. The first kappa shape index (κ1) is 23.3. The minimum Gasteiger partial charge on any atom is -0.359 e. The van der Waals surface area contributed by atoms with Crippen molar-refractivity contribution in [3.63, 3.8) is 0 Å². The number of aryl methyl sites for hydroxylation is 2. The smallest absolute Gasteiger partial charge is 0.273 e. The lowest BCUT2D eigenvalue weighted by molar-refractivity contribution is 0.0598. The quantitative estimate of drug-likeness (QED) is 0.501. The summed E-state index contributed by atoms with van der Waals surface area (Å²) in [5.41, 5.74) is 4.41. The van der Waals surface area contributed by atoms with Crippen LogP contribution in [-0.4, -0.2) is 63.6 Å². The van der Waals surface area contributed by atoms with Crippen molar-refractivity contribution in [3.05, 3.63) is 46.9 Å². The normalized spacial score (nSPS) is 21.4. The van der Waals surface area contributed by atoms with Crippen LogP contribution in [0, 0.1) is 6.92 Å². The predicted molar refractivity (Wildman–Crippen MR) is 142 cm³/mol. The van der Waals surface area contributed by atoms with E-state index in [0.717, 1.165) is 105 Å². The number of hydrogen-bond donors (Lipinski definition) is 0. The molecule has 0 spiro atoms. The molecular weight excluding hydrogens is 450 g/mol.